The van der Waals surface area contributed by atoms with Gasteiger partial charge in [-0.1, -0.05) is 0 Å². The first-order valence-corrected chi connectivity index (χ1v) is 9.65. The molecule has 0 spiro atoms. The minimum Gasteiger partial charge on any atom is -0.382 e. The first kappa shape index (κ1) is 17.6. The Hall–Kier alpha value is -1.26. The number of nitrogens with zero attached hydrogens (tertiary/aromatic N) is 1. The standard InChI is InChI=1S/C20H33N3O/c1-3-24-19-10-12-23(13-11-19)18-8-9-20(15(2)14-18)22-17-6-4-16(21)5-7-17/h8-9,14,16-17,19,22H,3-7,10-13,21H2,1-2H3. The summed E-state index contributed by atoms with van der Waals surface area (Å²) in [6.45, 7) is 7.32. The van der Waals surface area contributed by atoms with Gasteiger partial charge in [-0.15, -0.1) is 0 Å². The summed E-state index contributed by atoms with van der Waals surface area (Å²) in [6, 6.07) is 7.85. The highest BCUT2D eigenvalue weighted by Crippen LogP contribution is 2.28. The largest absolute Gasteiger partial charge is 0.382 e. The molecular weight excluding hydrogens is 298 g/mol. The lowest BCUT2D eigenvalue weighted by molar-refractivity contribution is 0.0459. The van der Waals surface area contributed by atoms with E-state index in [0.29, 0.717) is 18.2 Å². The molecule has 2 fully saturated rings. The molecule has 0 bridgehead atoms. The van der Waals surface area contributed by atoms with Crippen molar-refractivity contribution < 1.29 is 4.74 Å². The second-order valence-corrected chi connectivity index (χ2v) is 7.40. The third-order valence-electron chi connectivity index (χ3n) is 5.55. The highest BCUT2D eigenvalue weighted by molar-refractivity contribution is 5.60. The lowest BCUT2D eigenvalue weighted by atomic mass is 9.91. The molecule has 3 N–H and O–H groups in total. The molecule has 0 amide bonds. The second kappa shape index (κ2) is 8.21. The number of piperidine rings is 1. The third-order valence-corrected chi connectivity index (χ3v) is 5.55. The molecule has 134 valence electrons. The maximum atomic E-state index is 6.01. The predicted molar refractivity (Wildman–Crippen MR) is 102 cm³/mol. The molecule has 0 unspecified atom stereocenters. The fourth-order valence-corrected chi connectivity index (χ4v) is 4.01. The highest BCUT2D eigenvalue weighted by Gasteiger charge is 2.21. The Kier molecular flexibility index (Phi) is 6.01. The van der Waals surface area contributed by atoms with E-state index in [1.165, 1.54) is 29.8 Å². The van der Waals surface area contributed by atoms with Gasteiger partial charge in [-0.25, -0.2) is 0 Å². The number of nitrogens with two attached hydrogens (primary N) is 1. The Morgan fingerprint density at radius 1 is 1.12 bits per heavy atom. The number of anilines is 2. The molecule has 2 aliphatic rings. The zero-order chi connectivity index (χ0) is 16.9. The normalized spacial score (nSPS) is 25.7. The lowest BCUT2D eigenvalue weighted by Crippen LogP contribution is -2.37. The number of hydrogen-bond acceptors (Lipinski definition) is 4. The van der Waals surface area contributed by atoms with Crippen LogP contribution < -0.4 is 16.0 Å². The molecule has 1 aromatic rings. The minimum atomic E-state index is 0.408. The summed E-state index contributed by atoms with van der Waals surface area (Å²) in [5.74, 6) is 0. The van der Waals surface area contributed by atoms with E-state index in [0.717, 1.165) is 45.4 Å². The van der Waals surface area contributed by atoms with E-state index in [1.54, 1.807) is 0 Å². The summed E-state index contributed by atoms with van der Waals surface area (Å²) < 4.78 is 5.76. The van der Waals surface area contributed by atoms with Crippen LogP contribution in [0.4, 0.5) is 11.4 Å². The van der Waals surface area contributed by atoms with E-state index in [2.05, 4.69) is 42.3 Å². The summed E-state index contributed by atoms with van der Waals surface area (Å²) in [4.78, 5) is 2.49. The van der Waals surface area contributed by atoms with E-state index in [9.17, 15) is 0 Å². The smallest absolute Gasteiger partial charge is 0.0608 e. The van der Waals surface area contributed by atoms with Crippen molar-refractivity contribution in [3.8, 4) is 0 Å². The molecule has 1 saturated heterocycles. The van der Waals surface area contributed by atoms with Gasteiger partial charge in [0, 0.05) is 43.2 Å². The van der Waals surface area contributed by atoms with Crippen molar-refractivity contribution in [2.24, 2.45) is 5.73 Å². The van der Waals surface area contributed by atoms with E-state index >= 15 is 0 Å². The van der Waals surface area contributed by atoms with Crippen molar-refractivity contribution in [1.82, 2.24) is 0 Å². The average molecular weight is 332 g/mol. The molecular formula is C20H33N3O. The van der Waals surface area contributed by atoms with Gasteiger partial charge in [0.15, 0.2) is 0 Å². The maximum Gasteiger partial charge on any atom is 0.0608 e. The van der Waals surface area contributed by atoms with E-state index in [4.69, 9.17) is 10.5 Å². The van der Waals surface area contributed by atoms with Gasteiger partial charge in [-0.2, -0.15) is 0 Å². The van der Waals surface area contributed by atoms with Crippen molar-refractivity contribution in [1.29, 1.82) is 0 Å². The molecule has 1 aliphatic heterocycles. The maximum absolute atomic E-state index is 6.01. The summed E-state index contributed by atoms with van der Waals surface area (Å²) in [6.07, 6.45) is 7.38. The van der Waals surface area contributed by atoms with Crippen molar-refractivity contribution in [2.45, 2.75) is 70.6 Å². The van der Waals surface area contributed by atoms with Gasteiger partial charge < -0.3 is 20.7 Å². The first-order valence-electron chi connectivity index (χ1n) is 9.65. The zero-order valence-electron chi connectivity index (χ0n) is 15.3. The first-order chi connectivity index (χ1) is 11.7. The van der Waals surface area contributed by atoms with E-state index < -0.39 is 0 Å². The number of ether oxygens (including phenoxy) is 1. The fraction of sp³-hybridized carbons (Fsp3) is 0.700. The van der Waals surface area contributed by atoms with Crippen LogP contribution in [0.15, 0.2) is 18.2 Å². The average Bonchev–Trinajstić information content (AvgIpc) is 2.60. The summed E-state index contributed by atoms with van der Waals surface area (Å²) >= 11 is 0. The number of rotatable bonds is 5. The topological polar surface area (TPSA) is 50.5 Å². The van der Waals surface area contributed by atoms with Crippen molar-refractivity contribution in [2.75, 3.05) is 29.9 Å². The Morgan fingerprint density at radius 3 is 2.46 bits per heavy atom. The van der Waals surface area contributed by atoms with Gasteiger partial charge in [-0.05, 0) is 76.1 Å². The van der Waals surface area contributed by atoms with Crippen LogP contribution in [-0.4, -0.2) is 37.9 Å². The fourth-order valence-electron chi connectivity index (χ4n) is 4.01. The van der Waals surface area contributed by atoms with Crippen LogP contribution in [0.25, 0.3) is 0 Å². The van der Waals surface area contributed by atoms with Gasteiger partial charge in [-0.3, -0.25) is 0 Å². The zero-order valence-corrected chi connectivity index (χ0v) is 15.3. The van der Waals surface area contributed by atoms with Gasteiger partial charge >= 0.3 is 0 Å². The number of nitrogens with one attached hydrogen (secondary N) is 1. The van der Waals surface area contributed by atoms with Crippen molar-refractivity contribution in [3.63, 3.8) is 0 Å². The Bertz CT molecular complexity index is 518. The molecule has 1 aliphatic carbocycles. The quantitative estimate of drug-likeness (QED) is 0.864. The Labute approximate surface area is 146 Å². The molecule has 0 aromatic heterocycles. The molecule has 0 atom stereocenters. The van der Waals surface area contributed by atoms with Crippen LogP contribution in [0, 0.1) is 6.92 Å². The van der Waals surface area contributed by atoms with Crippen molar-refractivity contribution >= 4 is 11.4 Å². The van der Waals surface area contributed by atoms with Gasteiger partial charge in [0.2, 0.25) is 0 Å². The Morgan fingerprint density at radius 2 is 1.83 bits per heavy atom. The van der Waals surface area contributed by atoms with E-state index in [-0.39, 0.29) is 0 Å². The molecule has 1 saturated carbocycles. The number of hydrogen-bond donors (Lipinski definition) is 2. The molecule has 4 nitrogen and oxygen atoms in total. The van der Waals surface area contributed by atoms with Crippen LogP contribution in [-0.2, 0) is 4.74 Å². The van der Waals surface area contributed by atoms with Gasteiger partial charge in [0.05, 0.1) is 6.10 Å². The minimum absolute atomic E-state index is 0.408. The van der Waals surface area contributed by atoms with Crippen LogP contribution in [0.1, 0.15) is 51.0 Å². The van der Waals surface area contributed by atoms with Crippen molar-refractivity contribution in [3.05, 3.63) is 23.8 Å². The SMILES string of the molecule is CCOC1CCN(c2ccc(NC3CCC(N)CC3)c(C)c2)CC1. The summed E-state index contributed by atoms with van der Waals surface area (Å²) in [5.41, 5.74) is 9.98. The summed E-state index contributed by atoms with van der Waals surface area (Å²) in [7, 11) is 0. The number of aryl methyl sites for hydroxylation is 1. The van der Waals surface area contributed by atoms with Crippen LogP contribution in [0.5, 0.6) is 0 Å². The van der Waals surface area contributed by atoms with Crippen LogP contribution >= 0.6 is 0 Å². The Balaban J connectivity index is 1.57. The highest BCUT2D eigenvalue weighted by atomic mass is 16.5. The van der Waals surface area contributed by atoms with Gasteiger partial charge in [0.1, 0.15) is 0 Å². The van der Waals surface area contributed by atoms with Crippen LogP contribution in [0.2, 0.25) is 0 Å². The monoisotopic (exact) mass is 331 g/mol. The van der Waals surface area contributed by atoms with E-state index in [1.807, 2.05) is 0 Å². The molecule has 3 rings (SSSR count). The van der Waals surface area contributed by atoms with Crippen LogP contribution in [0.3, 0.4) is 0 Å². The number of benzene rings is 1. The molecule has 1 heterocycles. The third kappa shape index (κ3) is 4.42. The predicted octanol–water partition coefficient (Wildman–Crippen LogP) is 3.68. The lowest BCUT2D eigenvalue weighted by Gasteiger charge is -2.34. The van der Waals surface area contributed by atoms with Gasteiger partial charge in [0.25, 0.3) is 0 Å². The second-order valence-electron chi connectivity index (χ2n) is 7.40. The molecule has 0 radical (unpaired) electrons. The molecule has 24 heavy (non-hydrogen) atoms. The summed E-state index contributed by atoms with van der Waals surface area (Å²) in [5, 5.41) is 3.73. The molecule has 4 heteroatoms. The molecule has 1 aromatic carbocycles.